The van der Waals surface area contributed by atoms with Crippen molar-refractivity contribution < 1.29 is 4.52 Å². The van der Waals surface area contributed by atoms with E-state index in [-0.39, 0.29) is 0 Å². The lowest BCUT2D eigenvalue weighted by atomic mass is 10.4. The molecule has 4 heteroatoms. The maximum absolute atomic E-state index is 4.75. The van der Waals surface area contributed by atoms with Crippen molar-refractivity contribution in [1.29, 1.82) is 0 Å². The van der Waals surface area contributed by atoms with E-state index in [2.05, 4.69) is 40.3 Å². The van der Waals surface area contributed by atoms with Crippen molar-refractivity contribution in [3.05, 3.63) is 42.0 Å². The number of nitrogens with zero attached hydrogens (tertiary/aromatic N) is 2. The van der Waals surface area contributed by atoms with Gasteiger partial charge in [-0.1, -0.05) is 5.16 Å². The molecule has 15 heavy (non-hydrogen) atoms. The molecule has 0 aromatic carbocycles. The van der Waals surface area contributed by atoms with Crippen LogP contribution >= 0.6 is 0 Å². The van der Waals surface area contributed by atoms with E-state index < -0.39 is 0 Å². The van der Waals surface area contributed by atoms with Crippen LogP contribution in [0.1, 0.15) is 18.3 Å². The van der Waals surface area contributed by atoms with Gasteiger partial charge < -0.3 is 14.4 Å². The summed E-state index contributed by atoms with van der Waals surface area (Å²) in [5.41, 5.74) is 2.23. The van der Waals surface area contributed by atoms with E-state index in [0.717, 1.165) is 25.3 Å². The first-order chi connectivity index (χ1) is 7.40. The average molecular weight is 205 g/mol. The fourth-order valence-electron chi connectivity index (χ4n) is 1.57. The molecule has 2 aromatic rings. The Morgan fingerprint density at radius 2 is 2.33 bits per heavy atom. The first kappa shape index (κ1) is 9.98. The van der Waals surface area contributed by atoms with Gasteiger partial charge in [-0.25, -0.2) is 0 Å². The van der Waals surface area contributed by atoms with Crippen LogP contribution in [0.2, 0.25) is 0 Å². The van der Waals surface area contributed by atoms with E-state index in [9.17, 15) is 0 Å². The summed E-state index contributed by atoms with van der Waals surface area (Å²) < 4.78 is 6.97. The van der Waals surface area contributed by atoms with E-state index in [1.54, 1.807) is 6.26 Å². The van der Waals surface area contributed by atoms with Gasteiger partial charge in [-0.15, -0.1) is 0 Å². The Labute approximate surface area is 88.9 Å². The van der Waals surface area contributed by atoms with Crippen LogP contribution in [0, 0.1) is 0 Å². The van der Waals surface area contributed by atoms with Crippen LogP contribution in [0.4, 0.5) is 0 Å². The van der Waals surface area contributed by atoms with E-state index in [1.807, 2.05) is 6.07 Å². The van der Waals surface area contributed by atoms with Gasteiger partial charge in [0, 0.05) is 37.6 Å². The molecule has 0 aliphatic heterocycles. The third-order valence-corrected chi connectivity index (χ3v) is 2.37. The first-order valence-corrected chi connectivity index (χ1v) is 5.14. The number of rotatable bonds is 5. The Morgan fingerprint density at radius 3 is 3.07 bits per heavy atom. The van der Waals surface area contributed by atoms with Gasteiger partial charge in [0.2, 0.25) is 0 Å². The first-order valence-electron chi connectivity index (χ1n) is 5.14. The van der Waals surface area contributed by atoms with Crippen LogP contribution in [0.3, 0.4) is 0 Å². The smallest absolute Gasteiger partial charge is 0.124 e. The molecule has 0 spiro atoms. The highest BCUT2D eigenvalue weighted by Crippen LogP contribution is 2.02. The van der Waals surface area contributed by atoms with Crippen LogP contribution in [0.5, 0.6) is 0 Å². The van der Waals surface area contributed by atoms with Crippen molar-refractivity contribution in [1.82, 2.24) is 15.0 Å². The fourth-order valence-corrected chi connectivity index (χ4v) is 1.57. The highest BCUT2D eigenvalue weighted by molar-refractivity contribution is 5.07. The highest BCUT2D eigenvalue weighted by atomic mass is 16.5. The Balaban J connectivity index is 1.83. The van der Waals surface area contributed by atoms with Gasteiger partial charge in [-0.3, -0.25) is 0 Å². The van der Waals surface area contributed by atoms with Gasteiger partial charge in [0.05, 0.1) is 5.69 Å². The van der Waals surface area contributed by atoms with Crippen molar-refractivity contribution in [2.75, 3.05) is 0 Å². The molecule has 0 bridgehead atoms. The molecule has 0 fully saturated rings. The van der Waals surface area contributed by atoms with Gasteiger partial charge in [0.25, 0.3) is 0 Å². The molecular formula is C11H15N3O. The minimum absolute atomic E-state index is 0.741. The predicted molar refractivity (Wildman–Crippen MR) is 57.2 cm³/mol. The van der Waals surface area contributed by atoms with Crippen LogP contribution in [0.25, 0.3) is 0 Å². The van der Waals surface area contributed by atoms with Gasteiger partial charge in [-0.05, 0) is 19.1 Å². The Bertz CT molecular complexity index is 392. The number of hydrogen-bond donors (Lipinski definition) is 1. The van der Waals surface area contributed by atoms with Crippen molar-refractivity contribution >= 4 is 0 Å². The molecule has 0 aliphatic rings. The monoisotopic (exact) mass is 205 g/mol. The maximum atomic E-state index is 4.75. The van der Waals surface area contributed by atoms with Gasteiger partial charge >= 0.3 is 0 Å². The summed E-state index contributed by atoms with van der Waals surface area (Å²) in [6.07, 6.45) is 3.68. The normalized spacial score (nSPS) is 10.7. The molecule has 2 rings (SSSR count). The standard InChI is InChI=1S/C11H15N3O/c1-2-14-6-3-4-11(14)9-12-8-10-5-7-15-13-10/h3-7,12H,2,8-9H2,1H3. The minimum Gasteiger partial charge on any atom is -0.364 e. The number of aromatic nitrogens is 2. The van der Waals surface area contributed by atoms with Crippen molar-refractivity contribution in [2.24, 2.45) is 0 Å². The molecular weight excluding hydrogens is 190 g/mol. The Hall–Kier alpha value is -1.55. The summed E-state index contributed by atoms with van der Waals surface area (Å²) in [6.45, 7) is 4.74. The molecule has 0 atom stereocenters. The lowest BCUT2D eigenvalue weighted by Crippen LogP contribution is -2.15. The third-order valence-electron chi connectivity index (χ3n) is 2.37. The lowest BCUT2D eigenvalue weighted by molar-refractivity contribution is 0.408. The molecule has 0 unspecified atom stereocenters. The fraction of sp³-hybridized carbons (Fsp3) is 0.364. The number of aryl methyl sites for hydroxylation is 1. The molecule has 1 N–H and O–H groups in total. The van der Waals surface area contributed by atoms with Crippen LogP contribution in [-0.4, -0.2) is 9.72 Å². The van der Waals surface area contributed by atoms with E-state index in [0.29, 0.717) is 0 Å². The zero-order valence-corrected chi connectivity index (χ0v) is 8.81. The zero-order chi connectivity index (χ0) is 10.5. The molecule has 0 aliphatic carbocycles. The highest BCUT2D eigenvalue weighted by Gasteiger charge is 1.99. The summed E-state index contributed by atoms with van der Waals surface area (Å²) in [4.78, 5) is 0. The molecule has 4 nitrogen and oxygen atoms in total. The molecule has 0 saturated heterocycles. The van der Waals surface area contributed by atoms with Crippen LogP contribution in [-0.2, 0) is 19.6 Å². The largest absolute Gasteiger partial charge is 0.364 e. The van der Waals surface area contributed by atoms with E-state index in [1.165, 1.54) is 5.69 Å². The van der Waals surface area contributed by atoms with Gasteiger partial charge in [0.1, 0.15) is 6.26 Å². The van der Waals surface area contributed by atoms with Gasteiger partial charge in [-0.2, -0.15) is 0 Å². The number of hydrogen-bond acceptors (Lipinski definition) is 3. The quantitative estimate of drug-likeness (QED) is 0.809. The topological polar surface area (TPSA) is 43.0 Å². The second-order valence-electron chi connectivity index (χ2n) is 3.38. The molecule has 0 radical (unpaired) electrons. The van der Waals surface area contributed by atoms with E-state index in [4.69, 9.17) is 4.52 Å². The van der Waals surface area contributed by atoms with Crippen LogP contribution in [0.15, 0.2) is 35.2 Å². The minimum atomic E-state index is 0.741. The molecule has 2 heterocycles. The zero-order valence-electron chi connectivity index (χ0n) is 8.81. The molecule has 2 aromatic heterocycles. The summed E-state index contributed by atoms with van der Waals surface area (Å²) >= 11 is 0. The van der Waals surface area contributed by atoms with Crippen molar-refractivity contribution in [3.8, 4) is 0 Å². The summed E-state index contributed by atoms with van der Waals surface area (Å²) in [5.74, 6) is 0. The van der Waals surface area contributed by atoms with Crippen molar-refractivity contribution in [3.63, 3.8) is 0 Å². The Kier molecular flexibility index (Phi) is 3.19. The molecule has 80 valence electrons. The second-order valence-corrected chi connectivity index (χ2v) is 3.38. The number of nitrogens with one attached hydrogen (secondary N) is 1. The average Bonchev–Trinajstić information content (AvgIpc) is 2.88. The summed E-state index contributed by atoms with van der Waals surface area (Å²) in [6, 6.07) is 6.06. The molecule has 0 amide bonds. The third kappa shape index (κ3) is 2.47. The second kappa shape index (κ2) is 4.79. The van der Waals surface area contributed by atoms with Crippen LogP contribution < -0.4 is 5.32 Å². The van der Waals surface area contributed by atoms with Gasteiger partial charge in [0.15, 0.2) is 0 Å². The maximum Gasteiger partial charge on any atom is 0.124 e. The Morgan fingerprint density at radius 1 is 1.40 bits per heavy atom. The summed E-state index contributed by atoms with van der Waals surface area (Å²) in [5, 5.41) is 7.15. The lowest BCUT2D eigenvalue weighted by Gasteiger charge is -2.06. The SMILES string of the molecule is CCn1cccc1CNCc1ccon1. The summed E-state index contributed by atoms with van der Waals surface area (Å²) in [7, 11) is 0. The van der Waals surface area contributed by atoms with Crippen molar-refractivity contribution in [2.45, 2.75) is 26.6 Å². The molecule has 0 saturated carbocycles. The van der Waals surface area contributed by atoms with E-state index >= 15 is 0 Å². The predicted octanol–water partition coefficient (Wildman–Crippen LogP) is 1.79.